The largest absolute Gasteiger partial charge is 0.399 e. The Hall–Kier alpha value is -2.43. The molecule has 3 aromatic rings. The first kappa shape index (κ1) is 11.6. The molecule has 0 aliphatic heterocycles. The van der Waals surface area contributed by atoms with E-state index in [2.05, 4.69) is 9.97 Å². The number of anilines is 1. The highest BCUT2D eigenvalue weighted by molar-refractivity contribution is 5.75. The molecule has 0 radical (unpaired) electrons. The molecule has 0 fully saturated rings. The molecule has 0 amide bonds. The fourth-order valence-electron chi connectivity index (χ4n) is 2.07. The predicted octanol–water partition coefficient (Wildman–Crippen LogP) is 3.01. The van der Waals surface area contributed by atoms with Crippen LogP contribution in [0.5, 0.6) is 0 Å². The number of nitrogens with one attached hydrogen (secondary N) is 1. The third-order valence-electron chi connectivity index (χ3n) is 2.88. The van der Waals surface area contributed by atoms with E-state index >= 15 is 0 Å². The van der Waals surface area contributed by atoms with E-state index in [4.69, 9.17) is 5.73 Å². The van der Waals surface area contributed by atoms with Crippen molar-refractivity contribution in [3.05, 3.63) is 59.4 Å². The van der Waals surface area contributed by atoms with Gasteiger partial charge >= 0.3 is 0 Å². The van der Waals surface area contributed by atoms with E-state index in [1.165, 1.54) is 6.07 Å². The molecule has 96 valence electrons. The van der Waals surface area contributed by atoms with E-state index in [0.717, 1.165) is 11.6 Å². The molecule has 0 saturated heterocycles. The first-order valence-electron chi connectivity index (χ1n) is 5.80. The number of nitrogen functional groups attached to an aromatic ring is 1. The number of fused-ring (bicyclic) bond motifs is 1. The van der Waals surface area contributed by atoms with Crippen LogP contribution in [-0.2, 0) is 6.42 Å². The van der Waals surface area contributed by atoms with Gasteiger partial charge in [-0.15, -0.1) is 0 Å². The van der Waals surface area contributed by atoms with E-state index in [1.54, 1.807) is 6.07 Å². The average Bonchev–Trinajstić information content (AvgIpc) is 2.71. The van der Waals surface area contributed by atoms with Gasteiger partial charge in [0.2, 0.25) is 0 Å². The van der Waals surface area contributed by atoms with Crippen molar-refractivity contribution >= 4 is 16.7 Å². The minimum atomic E-state index is -0.662. The minimum absolute atomic E-state index is 0.153. The Bertz CT molecular complexity index is 750. The summed E-state index contributed by atoms with van der Waals surface area (Å²) in [5.41, 5.74) is 7.82. The zero-order valence-corrected chi connectivity index (χ0v) is 9.95. The van der Waals surface area contributed by atoms with Gasteiger partial charge in [-0.05, 0) is 23.8 Å². The lowest BCUT2D eigenvalue weighted by molar-refractivity contribution is 0.590. The number of rotatable bonds is 2. The van der Waals surface area contributed by atoms with Crippen LogP contribution in [-0.4, -0.2) is 9.97 Å². The maximum Gasteiger partial charge on any atom is 0.153 e. The molecule has 19 heavy (non-hydrogen) atoms. The Morgan fingerprint density at radius 2 is 2.00 bits per heavy atom. The van der Waals surface area contributed by atoms with Crippen LogP contribution >= 0.6 is 0 Å². The first-order valence-corrected chi connectivity index (χ1v) is 5.80. The summed E-state index contributed by atoms with van der Waals surface area (Å²) in [6, 6.07) is 9.41. The molecule has 3 N–H and O–H groups in total. The summed E-state index contributed by atoms with van der Waals surface area (Å²) in [6.07, 6.45) is 0.487. The van der Waals surface area contributed by atoms with E-state index in [0.29, 0.717) is 23.4 Å². The molecule has 1 aromatic heterocycles. The fraction of sp³-hybridized carbons (Fsp3) is 0.0714. The number of nitrogens with zero attached hydrogens (tertiary/aromatic N) is 1. The Kier molecular flexibility index (Phi) is 2.67. The predicted molar refractivity (Wildman–Crippen MR) is 69.7 cm³/mol. The van der Waals surface area contributed by atoms with Gasteiger partial charge in [0.25, 0.3) is 0 Å². The molecule has 2 aromatic carbocycles. The van der Waals surface area contributed by atoms with Gasteiger partial charge in [-0.1, -0.05) is 12.1 Å². The molecule has 5 heteroatoms. The summed E-state index contributed by atoms with van der Waals surface area (Å²) in [4.78, 5) is 7.05. The summed E-state index contributed by atoms with van der Waals surface area (Å²) >= 11 is 0. The highest BCUT2D eigenvalue weighted by Gasteiger charge is 2.10. The SMILES string of the molecule is Nc1cccc(Cc2nc3c(F)cc(F)cc3[nH]2)c1. The van der Waals surface area contributed by atoms with Crippen molar-refractivity contribution < 1.29 is 8.78 Å². The standard InChI is InChI=1S/C14H11F2N3/c15-9-6-11(16)14-12(7-9)18-13(19-14)5-8-2-1-3-10(17)4-8/h1-4,6-7H,5,17H2,(H,18,19). The molecular formula is C14H11F2N3. The maximum atomic E-state index is 13.5. The molecule has 0 spiro atoms. The molecular weight excluding hydrogens is 248 g/mol. The number of halogens is 2. The molecule has 1 heterocycles. The van der Waals surface area contributed by atoms with Crippen LogP contribution in [0.3, 0.4) is 0 Å². The molecule has 0 aliphatic carbocycles. The number of H-pyrrole nitrogens is 1. The average molecular weight is 259 g/mol. The quantitative estimate of drug-likeness (QED) is 0.695. The van der Waals surface area contributed by atoms with E-state index in [9.17, 15) is 8.78 Å². The minimum Gasteiger partial charge on any atom is -0.399 e. The molecule has 3 rings (SSSR count). The van der Waals surface area contributed by atoms with Gasteiger partial charge in [0.05, 0.1) is 5.52 Å². The second kappa shape index (κ2) is 4.35. The lowest BCUT2D eigenvalue weighted by Crippen LogP contribution is -1.92. The summed E-state index contributed by atoms with van der Waals surface area (Å²) < 4.78 is 26.6. The van der Waals surface area contributed by atoms with Gasteiger partial charge in [-0.3, -0.25) is 0 Å². The van der Waals surface area contributed by atoms with Crippen LogP contribution in [0.1, 0.15) is 11.4 Å². The van der Waals surface area contributed by atoms with Crippen molar-refractivity contribution in [3.63, 3.8) is 0 Å². The number of benzene rings is 2. The van der Waals surface area contributed by atoms with Crippen LogP contribution in [0.25, 0.3) is 11.0 Å². The summed E-state index contributed by atoms with van der Waals surface area (Å²) in [7, 11) is 0. The summed E-state index contributed by atoms with van der Waals surface area (Å²) in [6.45, 7) is 0. The third kappa shape index (κ3) is 2.27. The van der Waals surface area contributed by atoms with Crippen LogP contribution < -0.4 is 5.73 Å². The van der Waals surface area contributed by atoms with Crippen LogP contribution in [0.15, 0.2) is 36.4 Å². The van der Waals surface area contributed by atoms with Crippen LogP contribution in [0.2, 0.25) is 0 Å². The topological polar surface area (TPSA) is 54.7 Å². The number of nitrogens with two attached hydrogens (primary N) is 1. The van der Waals surface area contributed by atoms with E-state index < -0.39 is 11.6 Å². The van der Waals surface area contributed by atoms with Crippen molar-refractivity contribution in [3.8, 4) is 0 Å². The van der Waals surface area contributed by atoms with Crippen LogP contribution in [0, 0.1) is 11.6 Å². The maximum absolute atomic E-state index is 13.5. The number of aromatic nitrogens is 2. The second-order valence-electron chi connectivity index (χ2n) is 4.39. The number of imidazole rings is 1. The van der Waals surface area contributed by atoms with Gasteiger partial charge in [0.15, 0.2) is 5.82 Å². The van der Waals surface area contributed by atoms with Crippen molar-refractivity contribution in [2.75, 3.05) is 5.73 Å². The number of hydrogen-bond donors (Lipinski definition) is 2. The van der Waals surface area contributed by atoms with Gasteiger partial charge < -0.3 is 10.7 Å². The lowest BCUT2D eigenvalue weighted by Gasteiger charge is -1.99. The number of hydrogen-bond acceptors (Lipinski definition) is 2. The van der Waals surface area contributed by atoms with Crippen molar-refractivity contribution in [1.82, 2.24) is 9.97 Å². The van der Waals surface area contributed by atoms with Crippen molar-refractivity contribution in [1.29, 1.82) is 0 Å². The Labute approximate surface area is 108 Å². The van der Waals surface area contributed by atoms with Crippen LogP contribution in [0.4, 0.5) is 14.5 Å². The Morgan fingerprint density at radius 3 is 2.79 bits per heavy atom. The Balaban J connectivity index is 2.00. The fourth-order valence-corrected chi connectivity index (χ4v) is 2.07. The first-order chi connectivity index (χ1) is 9.11. The smallest absolute Gasteiger partial charge is 0.153 e. The van der Waals surface area contributed by atoms with Gasteiger partial charge in [0, 0.05) is 18.2 Å². The highest BCUT2D eigenvalue weighted by Crippen LogP contribution is 2.19. The zero-order valence-electron chi connectivity index (χ0n) is 9.95. The van der Waals surface area contributed by atoms with Gasteiger partial charge in [-0.25, -0.2) is 13.8 Å². The van der Waals surface area contributed by atoms with Crippen molar-refractivity contribution in [2.45, 2.75) is 6.42 Å². The molecule has 0 atom stereocenters. The van der Waals surface area contributed by atoms with E-state index in [-0.39, 0.29) is 5.52 Å². The van der Waals surface area contributed by atoms with Gasteiger partial charge in [0.1, 0.15) is 17.2 Å². The van der Waals surface area contributed by atoms with E-state index in [1.807, 2.05) is 18.2 Å². The number of aromatic amines is 1. The normalized spacial score (nSPS) is 11.1. The molecule has 0 bridgehead atoms. The highest BCUT2D eigenvalue weighted by atomic mass is 19.1. The molecule has 3 nitrogen and oxygen atoms in total. The zero-order chi connectivity index (χ0) is 13.4. The molecule has 0 saturated carbocycles. The summed E-state index contributed by atoms with van der Waals surface area (Å²) in [5, 5.41) is 0. The van der Waals surface area contributed by atoms with Gasteiger partial charge in [-0.2, -0.15) is 0 Å². The lowest BCUT2D eigenvalue weighted by atomic mass is 10.1. The monoisotopic (exact) mass is 259 g/mol. The molecule has 0 aliphatic rings. The van der Waals surface area contributed by atoms with Crippen molar-refractivity contribution in [2.24, 2.45) is 0 Å². The second-order valence-corrected chi connectivity index (χ2v) is 4.39. The third-order valence-corrected chi connectivity index (χ3v) is 2.88. The Morgan fingerprint density at radius 1 is 1.16 bits per heavy atom. The summed E-state index contributed by atoms with van der Waals surface area (Å²) in [5.74, 6) is -0.709. The molecule has 0 unspecified atom stereocenters.